The molecule has 1 amide bonds. The molecule has 0 aliphatic carbocycles. The van der Waals surface area contributed by atoms with Gasteiger partial charge in [0.15, 0.2) is 0 Å². The molecule has 1 unspecified atom stereocenters. The molecule has 3 rings (SSSR count). The first-order valence-corrected chi connectivity index (χ1v) is 9.08. The summed E-state index contributed by atoms with van der Waals surface area (Å²) in [5, 5.41) is 7.49. The van der Waals surface area contributed by atoms with Crippen LogP contribution in [0.1, 0.15) is 34.5 Å². The van der Waals surface area contributed by atoms with Crippen molar-refractivity contribution in [3.8, 4) is 5.69 Å². The van der Waals surface area contributed by atoms with E-state index < -0.39 is 17.9 Å². The summed E-state index contributed by atoms with van der Waals surface area (Å²) >= 11 is 5.91. The average Bonchev–Trinajstić information content (AvgIpc) is 3.10. The number of hydrogen-bond acceptors (Lipinski definition) is 5. The van der Waals surface area contributed by atoms with Crippen LogP contribution in [0.15, 0.2) is 48.5 Å². The quantitative estimate of drug-likeness (QED) is 0.622. The van der Waals surface area contributed by atoms with Gasteiger partial charge in [0.25, 0.3) is 5.91 Å². The highest BCUT2D eigenvalue weighted by molar-refractivity contribution is 6.30. The largest absolute Gasteiger partial charge is 0.469 e. The van der Waals surface area contributed by atoms with Crippen molar-refractivity contribution in [2.45, 2.75) is 19.4 Å². The van der Waals surface area contributed by atoms with E-state index in [4.69, 9.17) is 16.3 Å². The Morgan fingerprint density at radius 1 is 1.17 bits per heavy atom. The van der Waals surface area contributed by atoms with Crippen LogP contribution in [0.2, 0.25) is 5.02 Å². The fourth-order valence-corrected chi connectivity index (χ4v) is 2.86. The number of aryl methyl sites for hydroxylation is 1. The third kappa shape index (κ3) is 4.97. The second kappa shape index (κ2) is 8.83. The minimum Gasteiger partial charge on any atom is -0.469 e. The smallest absolute Gasteiger partial charge is 0.307 e. The highest BCUT2D eigenvalue weighted by Gasteiger charge is 2.23. The maximum Gasteiger partial charge on any atom is 0.307 e. The van der Waals surface area contributed by atoms with Gasteiger partial charge in [0.1, 0.15) is 11.6 Å². The van der Waals surface area contributed by atoms with Gasteiger partial charge >= 0.3 is 5.97 Å². The molecule has 0 saturated carbocycles. The number of hydrogen-bond donors (Lipinski definition) is 1. The fourth-order valence-electron chi connectivity index (χ4n) is 2.73. The number of amides is 1. The first kappa shape index (κ1) is 20.5. The van der Waals surface area contributed by atoms with Gasteiger partial charge in [-0.3, -0.25) is 9.59 Å². The van der Waals surface area contributed by atoms with Crippen LogP contribution in [-0.4, -0.2) is 33.8 Å². The van der Waals surface area contributed by atoms with E-state index in [0.717, 1.165) is 0 Å². The summed E-state index contributed by atoms with van der Waals surface area (Å²) in [7, 11) is 1.28. The van der Waals surface area contributed by atoms with Crippen molar-refractivity contribution in [2.75, 3.05) is 7.11 Å². The van der Waals surface area contributed by atoms with Crippen LogP contribution in [-0.2, 0) is 9.53 Å². The minimum atomic E-state index is -0.648. The van der Waals surface area contributed by atoms with Crippen molar-refractivity contribution >= 4 is 23.5 Å². The van der Waals surface area contributed by atoms with Crippen molar-refractivity contribution in [1.29, 1.82) is 0 Å². The summed E-state index contributed by atoms with van der Waals surface area (Å²) in [5.41, 5.74) is 1.25. The van der Waals surface area contributed by atoms with E-state index in [0.29, 0.717) is 22.1 Å². The molecule has 0 aliphatic heterocycles. The zero-order chi connectivity index (χ0) is 21.0. The summed E-state index contributed by atoms with van der Waals surface area (Å²) in [6.07, 6.45) is -0.0679. The van der Waals surface area contributed by atoms with Crippen LogP contribution in [0, 0.1) is 12.7 Å². The van der Waals surface area contributed by atoms with Crippen molar-refractivity contribution in [3.05, 3.63) is 76.6 Å². The third-order valence-electron chi connectivity index (χ3n) is 4.22. The van der Waals surface area contributed by atoms with E-state index in [1.54, 1.807) is 31.2 Å². The summed E-state index contributed by atoms with van der Waals surface area (Å²) in [4.78, 5) is 28.7. The van der Waals surface area contributed by atoms with Gasteiger partial charge in [-0.15, -0.1) is 5.10 Å². The molecule has 7 nitrogen and oxygen atoms in total. The van der Waals surface area contributed by atoms with Gasteiger partial charge in [0.05, 0.1) is 25.3 Å². The fraction of sp³-hybridized carbons (Fsp3) is 0.200. The Morgan fingerprint density at radius 3 is 2.45 bits per heavy atom. The molecule has 1 aromatic heterocycles. The van der Waals surface area contributed by atoms with Gasteiger partial charge in [-0.2, -0.15) is 0 Å². The molecule has 0 saturated heterocycles. The first-order chi connectivity index (χ1) is 13.9. The molecule has 1 N–H and O–H groups in total. The number of rotatable bonds is 6. The molecule has 29 heavy (non-hydrogen) atoms. The summed E-state index contributed by atoms with van der Waals surface area (Å²) in [6, 6.07) is 11.8. The minimum absolute atomic E-state index is 0.0679. The highest BCUT2D eigenvalue weighted by Crippen LogP contribution is 2.20. The Morgan fingerprint density at radius 2 is 1.83 bits per heavy atom. The lowest BCUT2D eigenvalue weighted by Crippen LogP contribution is -2.31. The summed E-state index contributed by atoms with van der Waals surface area (Å²) in [5.74, 6) is -1.03. The van der Waals surface area contributed by atoms with Crippen LogP contribution in [0.3, 0.4) is 0 Å². The Hall–Kier alpha value is -3.26. The maximum atomic E-state index is 13.1. The Bertz CT molecular complexity index is 1020. The molecule has 0 fully saturated rings. The number of nitrogens with one attached hydrogen (secondary N) is 1. The van der Waals surface area contributed by atoms with Crippen LogP contribution >= 0.6 is 11.6 Å². The van der Waals surface area contributed by atoms with E-state index >= 15 is 0 Å². The summed E-state index contributed by atoms with van der Waals surface area (Å²) in [6.45, 7) is 1.68. The number of methoxy groups -OCH3 is 1. The summed E-state index contributed by atoms with van der Waals surface area (Å²) < 4.78 is 19.3. The molecule has 0 aliphatic rings. The molecule has 1 atom stereocenters. The number of esters is 1. The number of nitrogens with zero attached hydrogens (tertiary/aromatic N) is 3. The maximum absolute atomic E-state index is 13.1. The van der Waals surface area contributed by atoms with E-state index in [9.17, 15) is 14.0 Å². The van der Waals surface area contributed by atoms with Crippen LogP contribution in [0.25, 0.3) is 5.69 Å². The van der Waals surface area contributed by atoms with Crippen molar-refractivity contribution < 1.29 is 18.7 Å². The van der Waals surface area contributed by atoms with Gasteiger partial charge in [-0.05, 0) is 48.9 Å². The molecule has 2 aromatic carbocycles. The first-order valence-electron chi connectivity index (χ1n) is 8.70. The second-order valence-electron chi connectivity index (χ2n) is 6.23. The lowest BCUT2D eigenvalue weighted by atomic mass is 10.0. The predicted octanol–water partition coefficient (Wildman–Crippen LogP) is 3.40. The van der Waals surface area contributed by atoms with Crippen LogP contribution in [0.5, 0.6) is 0 Å². The number of benzene rings is 2. The molecule has 0 bridgehead atoms. The van der Waals surface area contributed by atoms with Gasteiger partial charge in [-0.1, -0.05) is 23.7 Å². The number of halogens is 2. The van der Waals surface area contributed by atoms with Crippen LogP contribution in [0.4, 0.5) is 4.39 Å². The Kier molecular flexibility index (Phi) is 6.23. The van der Waals surface area contributed by atoms with Crippen LogP contribution < -0.4 is 5.32 Å². The molecular formula is C20H18ClFN4O3. The van der Waals surface area contributed by atoms with Gasteiger partial charge in [-0.25, -0.2) is 14.1 Å². The molecule has 9 heteroatoms. The molecular weight excluding hydrogens is 399 g/mol. The van der Waals surface area contributed by atoms with Crippen molar-refractivity contribution in [1.82, 2.24) is 20.1 Å². The monoisotopic (exact) mass is 416 g/mol. The number of aromatic nitrogens is 3. The number of ether oxygens (including phenoxy) is 1. The topological polar surface area (TPSA) is 86.1 Å². The zero-order valence-corrected chi connectivity index (χ0v) is 16.5. The van der Waals surface area contributed by atoms with Gasteiger partial charge < -0.3 is 10.1 Å². The molecule has 150 valence electrons. The van der Waals surface area contributed by atoms with Crippen molar-refractivity contribution in [3.63, 3.8) is 0 Å². The average molecular weight is 417 g/mol. The van der Waals surface area contributed by atoms with Gasteiger partial charge in [0, 0.05) is 5.02 Å². The third-order valence-corrected chi connectivity index (χ3v) is 4.47. The predicted molar refractivity (Wildman–Crippen MR) is 104 cm³/mol. The second-order valence-corrected chi connectivity index (χ2v) is 6.67. The Balaban J connectivity index is 1.84. The van der Waals surface area contributed by atoms with E-state index in [1.807, 2.05) is 0 Å². The number of carbonyl (C=O) groups is 2. The normalized spacial score (nSPS) is 11.7. The standard InChI is InChI=1S/C20H18ClFN4O3/c1-12-23-19(25-26(12)16-9-7-15(22)8-10-16)20(28)24-17(11-18(27)29-2)13-3-5-14(21)6-4-13/h3-10,17H,11H2,1-2H3,(H,24,28). The Labute approximate surface area is 171 Å². The molecule has 0 spiro atoms. The van der Waals surface area contributed by atoms with E-state index in [-0.39, 0.29) is 18.1 Å². The van der Waals surface area contributed by atoms with E-state index in [2.05, 4.69) is 15.4 Å². The van der Waals surface area contributed by atoms with E-state index in [1.165, 1.54) is 36.1 Å². The molecule has 3 aromatic rings. The molecule has 1 heterocycles. The number of carbonyl (C=O) groups excluding carboxylic acids is 2. The SMILES string of the molecule is COC(=O)CC(NC(=O)c1nc(C)n(-c2ccc(F)cc2)n1)c1ccc(Cl)cc1. The lowest BCUT2D eigenvalue weighted by molar-refractivity contribution is -0.141. The van der Waals surface area contributed by atoms with Crippen molar-refractivity contribution in [2.24, 2.45) is 0 Å². The van der Waals surface area contributed by atoms with Gasteiger partial charge in [0.2, 0.25) is 5.82 Å². The zero-order valence-electron chi connectivity index (χ0n) is 15.7. The highest BCUT2D eigenvalue weighted by atomic mass is 35.5. The molecule has 0 radical (unpaired) electrons. The lowest BCUT2D eigenvalue weighted by Gasteiger charge is -2.17.